The van der Waals surface area contributed by atoms with Gasteiger partial charge in [-0.25, -0.2) is 0 Å². The molecule has 2 atom stereocenters. The molecule has 2 N–H and O–H groups in total. The first-order chi connectivity index (χ1) is 15.1. The molecular formula is C26H22N4O. The second kappa shape index (κ2) is 8.39. The Bertz CT molecular complexity index is 1140. The second-order valence-electron chi connectivity index (χ2n) is 7.95. The van der Waals surface area contributed by atoms with Crippen molar-refractivity contribution < 1.29 is 4.74 Å². The van der Waals surface area contributed by atoms with E-state index in [1.54, 1.807) is 0 Å². The van der Waals surface area contributed by atoms with Crippen LogP contribution in [0.1, 0.15) is 36.3 Å². The lowest BCUT2D eigenvalue weighted by Crippen LogP contribution is -2.42. The van der Waals surface area contributed by atoms with Gasteiger partial charge in [-0.2, -0.15) is 15.8 Å². The summed E-state index contributed by atoms with van der Waals surface area (Å²) in [5, 5.41) is 29.8. The van der Waals surface area contributed by atoms with Gasteiger partial charge in [0.15, 0.2) is 5.41 Å². The molecule has 0 aromatic heterocycles. The number of nitrogens with zero attached hydrogens (tertiary/aromatic N) is 3. The summed E-state index contributed by atoms with van der Waals surface area (Å²) in [4.78, 5) is 0. The summed E-state index contributed by atoms with van der Waals surface area (Å²) in [7, 11) is 0. The molecule has 0 saturated heterocycles. The molecule has 0 aliphatic heterocycles. The standard InChI is InChI=1S/C26H22N4O/c27-14-23-21-8-4-5-9-22(21)24(26(16-28,17-29)25(23)30)19-10-12-20(13-11-19)31-15-18-6-2-1-3-7-18/h1-3,6-8,10-13,22,24H,4-5,9,15,30H2/t22-,24+/m1/s1. The molecule has 2 aromatic carbocycles. The molecule has 0 heterocycles. The second-order valence-corrected chi connectivity index (χ2v) is 7.95. The van der Waals surface area contributed by atoms with Gasteiger partial charge in [0.05, 0.1) is 23.4 Å². The fourth-order valence-electron chi connectivity index (χ4n) is 4.76. The van der Waals surface area contributed by atoms with Gasteiger partial charge in [-0.05, 0) is 54.0 Å². The van der Waals surface area contributed by atoms with E-state index in [4.69, 9.17) is 10.5 Å². The Balaban J connectivity index is 1.70. The van der Waals surface area contributed by atoms with Crippen LogP contribution in [0.5, 0.6) is 5.75 Å². The first-order valence-corrected chi connectivity index (χ1v) is 10.3. The Kier molecular flexibility index (Phi) is 5.48. The van der Waals surface area contributed by atoms with Crippen LogP contribution in [0.15, 0.2) is 77.5 Å². The molecule has 0 amide bonds. The van der Waals surface area contributed by atoms with Gasteiger partial charge in [-0.15, -0.1) is 0 Å². The number of benzene rings is 2. The van der Waals surface area contributed by atoms with Crippen molar-refractivity contribution in [1.29, 1.82) is 15.8 Å². The third-order valence-electron chi connectivity index (χ3n) is 6.29. The monoisotopic (exact) mass is 406 g/mol. The minimum Gasteiger partial charge on any atom is -0.489 e. The number of hydrogen-bond acceptors (Lipinski definition) is 5. The average Bonchev–Trinajstić information content (AvgIpc) is 2.83. The normalized spacial score (nSPS) is 21.6. The van der Waals surface area contributed by atoms with E-state index in [0.717, 1.165) is 36.0 Å². The molecule has 0 unspecified atom stereocenters. The van der Waals surface area contributed by atoms with Crippen molar-refractivity contribution >= 4 is 0 Å². The number of nitriles is 3. The molecule has 0 bridgehead atoms. The highest BCUT2D eigenvalue weighted by molar-refractivity contribution is 5.59. The summed E-state index contributed by atoms with van der Waals surface area (Å²) in [6.07, 6.45) is 4.68. The van der Waals surface area contributed by atoms with Crippen molar-refractivity contribution in [3.8, 4) is 24.0 Å². The zero-order valence-corrected chi connectivity index (χ0v) is 17.1. The van der Waals surface area contributed by atoms with Crippen LogP contribution in [-0.2, 0) is 6.61 Å². The molecule has 5 heteroatoms. The SMILES string of the molecule is N#CC1=C(N)C(C#N)(C#N)[C@@H](c2ccc(OCc3ccccc3)cc2)[C@@H]2CCCC=C12. The van der Waals surface area contributed by atoms with E-state index in [1.165, 1.54) is 0 Å². The predicted octanol–water partition coefficient (Wildman–Crippen LogP) is 4.86. The van der Waals surface area contributed by atoms with Gasteiger partial charge in [0.2, 0.25) is 0 Å². The van der Waals surface area contributed by atoms with Crippen LogP contribution >= 0.6 is 0 Å². The molecule has 2 aliphatic rings. The van der Waals surface area contributed by atoms with Gasteiger partial charge in [-0.1, -0.05) is 48.5 Å². The molecule has 31 heavy (non-hydrogen) atoms. The number of allylic oxidation sites excluding steroid dienone is 4. The van der Waals surface area contributed by atoms with Crippen LogP contribution in [-0.4, -0.2) is 0 Å². The van der Waals surface area contributed by atoms with Crippen LogP contribution in [0.2, 0.25) is 0 Å². The number of rotatable bonds is 4. The molecule has 0 fully saturated rings. The molecule has 0 saturated carbocycles. The molecular weight excluding hydrogens is 384 g/mol. The van der Waals surface area contributed by atoms with Crippen LogP contribution in [0.3, 0.4) is 0 Å². The largest absolute Gasteiger partial charge is 0.489 e. The lowest BCUT2D eigenvalue weighted by molar-refractivity contribution is 0.303. The maximum absolute atomic E-state index is 10.1. The first-order valence-electron chi connectivity index (χ1n) is 10.3. The highest BCUT2D eigenvalue weighted by atomic mass is 16.5. The van der Waals surface area contributed by atoms with E-state index in [2.05, 4.69) is 18.2 Å². The Morgan fingerprint density at radius 2 is 1.71 bits per heavy atom. The minimum absolute atomic E-state index is 0.0683. The van der Waals surface area contributed by atoms with E-state index in [9.17, 15) is 15.8 Å². The van der Waals surface area contributed by atoms with Crippen LogP contribution in [0.4, 0.5) is 0 Å². The third kappa shape index (κ3) is 3.43. The molecule has 5 nitrogen and oxygen atoms in total. The van der Waals surface area contributed by atoms with Gasteiger partial charge in [0.25, 0.3) is 0 Å². The Morgan fingerprint density at radius 3 is 2.35 bits per heavy atom. The molecule has 0 radical (unpaired) electrons. The maximum Gasteiger partial charge on any atom is 0.191 e. The summed E-state index contributed by atoms with van der Waals surface area (Å²) in [6.45, 7) is 0.459. The summed E-state index contributed by atoms with van der Waals surface area (Å²) < 4.78 is 5.88. The summed E-state index contributed by atoms with van der Waals surface area (Å²) in [6, 6.07) is 23.9. The van der Waals surface area contributed by atoms with Crippen molar-refractivity contribution in [3.05, 3.63) is 88.6 Å². The molecule has 2 aromatic rings. The summed E-state index contributed by atoms with van der Waals surface area (Å²) in [5.41, 5.74) is 7.91. The quantitative estimate of drug-likeness (QED) is 0.780. The smallest absolute Gasteiger partial charge is 0.191 e. The highest BCUT2D eigenvalue weighted by Crippen LogP contribution is 2.55. The van der Waals surface area contributed by atoms with Crippen LogP contribution < -0.4 is 10.5 Å². The summed E-state index contributed by atoms with van der Waals surface area (Å²) >= 11 is 0. The number of fused-ring (bicyclic) bond motifs is 1. The van der Waals surface area contributed by atoms with Crippen molar-refractivity contribution in [2.24, 2.45) is 17.1 Å². The van der Waals surface area contributed by atoms with Crippen molar-refractivity contribution in [2.75, 3.05) is 0 Å². The maximum atomic E-state index is 10.1. The van der Waals surface area contributed by atoms with Crippen molar-refractivity contribution in [2.45, 2.75) is 31.8 Å². The highest BCUT2D eigenvalue weighted by Gasteiger charge is 2.53. The van der Waals surface area contributed by atoms with Gasteiger partial charge in [0.1, 0.15) is 18.4 Å². The zero-order valence-electron chi connectivity index (χ0n) is 17.1. The number of hydrogen-bond donors (Lipinski definition) is 1. The van der Waals surface area contributed by atoms with Crippen LogP contribution in [0, 0.1) is 45.3 Å². The molecule has 0 spiro atoms. The van der Waals surface area contributed by atoms with Gasteiger partial charge >= 0.3 is 0 Å². The molecule has 4 rings (SSSR count). The van der Waals surface area contributed by atoms with E-state index in [1.807, 2.05) is 60.7 Å². The van der Waals surface area contributed by atoms with E-state index >= 15 is 0 Å². The van der Waals surface area contributed by atoms with E-state index < -0.39 is 11.3 Å². The lowest BCUT2D eigenvalue weighted by atomic mass is 9.57. The number of nitrogens with two attached hydrogens (primary N) is 1. The minimum atomic E-state index is -1.57. The lowest BCUT2D eigenvalue weighted by Gasteiger charge is -2.43. The Hall–Kier alpha value is -4.01. The first kappa shape index (κ1) is 20.3. The molecule has 2 aliphatic carbocycles. The molecule has 152 valence electrons. The fraction of sp³-hybridized carbons (Fsp3) is 0.269. The fourth-order valence-corrected chi connectivity index (χ4v) is 4.76. The third-order valence-corrected chi connectivity index (χ3v) is 6.29. The number of ether oxygens (including phenoxy) is 1. The van der Waals surface area contributed by atoms with E-state index in [0.29, 0.717) is 17.9 Å². The van der Waals surface area contributed by atoms with Gasteiger partial charge in [0, 0.05) is 5.92 Å². The Morgan fingerprint density at radius 1 is 1.00 bits per heavy atom. The summed E-state index contributed by atoms with van der Waals surface area (Å²) in [5.74, 6) is 0.184. The van der Waals surface area contributed by atoms with Gasteiger partial charge in [-0.3, -0.25) is 0 Å². The van der Waals surface area contributed by atoms with E-state index in [-0.39, 0.29) is 11.6 Å². The average molecular weight is 406 g/mol. The topological polar surface area (TPSA) is 107 Å². The zero-order chi connectivity index (χ0) is 21.8. The Labute approximate surface area is 182 Å². The van der Waals surface area contributed by atoms with Gasteiger partial charge < -0.3 is 10.5 Å². The van der Waals surface area contributed by atoms with Crippen LogP contribution in [0.25, 0.3) is 0 Å². The van der Waals surface area contributed by atoms with Crippen molar-refractivity contribution in [1.82, 2.24) is 0 Å². The predicted molar refractivity (Wildman–Crippen MR) is 116 cm³/mol. The van der Waals surface area contributed by atoms with Crippen molar-refractivity contribution in [3.63, 3.8) is 0 Å².